The quantitative estimate of drug-likeness (QED) is 0.438. The Morgan fingerprint density at radius 2 is 1.89 bits per heavy atom. The number of amides is 2. The first-order valence-electron chi connectivity index (χ1n) is 11.0. The van der Waals surface area contributed by atoms with Crippen molar-refractivity contribution in [1.29, 1.82) is 0 Å². The van der Waals surface area contributed by atoms with E-state index >= 15 is 0 Å². The average molecular weight is 535 g/mol. The second-order valence-corrected chi connectivity index (χ2v) is 9.67. The number of hydrogen-bond donors (Lipinski definition) is 1. The fourth-order valence-electron chi connectivity index (χ4n) is 3.68. The van der Waals surface area contributed by atoms with Crippen molar-refractivity contribution in [1.82, 2.24) is 20.2 Å². The van der Waals surface area contributed by atoms with E-state index in [9.17, 15) is 31.5 Å². The van der Waals surface area contributed by atoms with Gasteiger partial charge >= 0.3 is 12.3 Å². The lowest BCUT2D eigenvalue weighted by molar-refractivity contribution is -0.145. The van der Waals surface area contributed by atoms with E-state index in [4.69, 9.17) is 16.3 Å². The number of aromatic nitrogens is 2. The molecule has 1 N–H and O–H groups in total. The molecule has 0 fully saturated rings. The summed E-state index contributed by atoms with van der Waals surface area (Å²) >= 11 is 5.91. The zero-order chi connectivity index (χ0) is 26.8. The molecule has 2 heterocycles. The molecule has 1 aliphatic rings. The number of alkyl carbamates (subject to hydrolysis) is 1. The molecule has 1 aliphatic heterocycles. The van der Waals surface area contributed by atoms with Crippen LogP contribution in [0.3, 0.4) is 0 Å². The number of ether oxygens (including phenoxy) is 1. The first kappa shape index (κ1) is 27.6. The van der Waals surface area contributed by atoms with Crippen LogP contribution in [-0.4, -0.2) is 45.1 Å². The SMILES string of the molecule is CC(C)(C)OC(=O)NC(CC(=O)N1CCc2c(Cl)nc(C(F)(F)F)nc2C1)Cc1cc(F)ccc1F. The molecular weight excluding hydrogens is 511 g/mol. The van der Waals surface area contributed by atoms with E-state index in [0.29, 0.717) is 5.56 Å². The summed E-state index contributed by atoms with van der Waals surface area (Å²) in [5.74, 6) is -3.37. The van der Waals surface area contributed by atoms with Crippen LogP contribution < -0.4 is 5.32 Å². The molecule has 3 rings (SSSR count). The lowest BCUT2D eigenvalue weighted by atomic mass is 10.0. The summed E-state index contributed by atoms with van der Waals surface area (Å²) in [5, 5.41) is 2.17. The molecule has 0 aliphatic carbocycles. The Labute approximate surface area is 209 Å². The Bertz CT molecular complexity index is 1150. The maximum atomic E-state index is 14.2. The summed E-state index contributed by atoms with van der Waals surface area (Å²) in [6, 6.07) is 1.83. The predicted molar refractivity (Wildman–Crippen MR) is 119 cm³/mol. The van der Waals surface area contributed by atoms with E-state index in [1.165, 1.54) is 4.90 Å². The van der Waals surface area contributed by atoms with Crippen molar-refractivity contribution in [2.45, 2.75) is 64.4 Å². The van der Waals surface area contributed by atoms with Crippen molar-refractivity contribution in [2.75, 3.05) is 6.54 Å². The van der Waals surface area contributed by atoms with E-state index in [2.05, 4.69) is 15.3 Å². The summed E-state index contributed by atoms with van der Waals surface area (Å²) in [6.07, 6.45) is -6.14. The van der Waals surface area contributed by atoms with Crippen molar-refractivity contribution >= 4 is 23.6 Å². The first-order valence-corrected chi connectivity index (χ1v) is 11.3. The molecule has 0 spiro atoms. The Morgan fingerprint density at radius 3 is 2.53 bits per heavy atom. The van der Waals surface area contributed by atoms with Gasteiger partial charge in [-0.05, 0) is 57.4 Å². The van der Waals surface area contributed by atoms with E-state index in [1.54, 1.807) is 20.8 Å². The van der Waals surface area contributed by atoms with Gasteiger partial charge in [0.1, 0.15) is 22.4 Å². The number of nitrogens with zero attached hydrogens (tertiary/aromatic N) is 3. The number of carbonyl (C=O) groups is 2. The van der Waals surface area contributed by atoms with Gasteiger partial charge in [0.15, 0.2) is 0 Å². The number of carbonyl (C=O) groups excluding carboxylic acids is 2. The van der Waals surface area contributed by atoms with Gasteiger partial charge in [0.2, 0.25) is 11.7 Å². The Kier molecular flexibility index (Phi) is 8.07. The number of alkyl halides is 3. The molecule has 1 aromatic heterocycles. The molecule has 2 aromatic rings. The number of rotatable bonds is 5. The normalized spacial score (nSPS) is 14.8. The smallest absolute Gasteiger partial charge is 0.444 e. The predicted octanol–water partition coefficient (Wildman–Crippen LogP) is 4.84. The number of halogens is 6. The summed E-state index contributed by atoms with van der Waals surface area (Å²) in [6.45, 7) is 4.76. The van der Waals surface area contributed by atoms with Gasteiger partial charge in [0.25, 0.3) is 0 Å². The van der Waals surface area contributed by atoms with Gasteiger partial charge in [-0.2, -0.15) is 13.2 Å². The second-order valence-electron chi connectivity index (χ2n) is 9.31. The van der Waals surface area contributed by atoms with Crippen LogP contribution in [0.25, 0.3) is 0 Å². The summed E-state index contributed by atoms with van der Waals surface area (Å²) < 4.78 is 72.4. The van der Waals surface area contributed by atoms with Crippen LogP contribution in [0.4, 0.5) is 26.7 Å². The zero-order valence-electron chi connectivity index (χ0n) is 19.7. The Balaban J connectivity index is 1.79. The van der Waals surface area contributed by atoms with Crippen molar-refractivity contribution in [3.8, 4) is 0 Å². The molecular formula is C23H24ClF5N4O3. The molecule has 1 aromatic carbocycles. The highest BCUT2D eigenvalue weighted by Crippen LogP contribution is 2.31. The van der Waals surface area contributed by atoms with Crippen LogP contribution in [-0.2, 0) is 35.1 Å². The molecule has 2 amide bonds. The largest absolute Gasteiger partial charge is 0.451 e. The van der Waals surface area contributed by atoms with Gasteiger partial charge in [0, 0.05) is 24.6 Å². The van der Waals surface area contributed by atoms with E-state index < -0.39 is 47.3 Å². The summed E-state index contributed by atoms with van der Waals surface area (Å²) in [5.41, 5.74) is -0.634. The molecule has 13 heteroatoms. The van der Waals surface area contributed by atoms with Crippen molar-refractivity contribution < 1.29 is 36.3 Å². The van der Waals surface area contributed by atoms with Crippen LogP contribution in [0, 0.1) is 11.6 Å². The molecule has 1 unspecified atom stereocenters. The highest BCUT2D eigenvalue weighted by molar-refractivity contribution is 6.30. The van der Waals surface area contributed by atoms with E-state index in [0.717, 1.165) is 18.2 Å². The van der Waals surface area contributed by atoms with E-state index in [-0.39, 0.29) is 48.8 Å². The van der Waals surface area contributed by atoms with Crippen molar-refractivity contribution in [3.05, 3.63) is 57.6 Å². The van der Waals surface area contributed by atoms with Crippen LogP contribution in [0.5, 0.6) is 0 Å². The minimum Gasteiger partial charge on any atom is -0.444 e. The third kappa shape index (κ3) is 7.25. The lowest BCUT2D eigenvalue weighted by Gasteiger charge is -2.30. The zero-order valence-corrected chi connectivity index (χ0v) is 20.4. The third-order valence-electron chi connectivity index (χ3n) is 5.24. The number of hydrogen-bond acceptors (Lipinski definition) is 5. The van der Waals surface area contributed by atoms with Gasteiger partial charge in [0.05, 0.1) is 12.2 Å². The second kappa shape index (κ2) is 10.5. The Hall–Kier alpha value is -3.02. The Morgan fingerprint density at radius 1 is 1.19 bits per heavy atom. The van der Waals surface area contributed by atoms with Gasteiger partial charge in [-0.15, -0.1) is 0 Å². The third-order valence-corrected chi connectivity index (χ3v) is 5.55. The van der Waals surface area contributed by atoms with Crippen LogP contribution in [0.2, 0.25) is 5.15 Å². The molecule has 7 nitrogen and oxygen atoms in total. The number of fused-ring (bicyclic) bond motifs is 1. The van der Waals surface area contributed by atoms with Crippen LogP contribution in [0.1, 0.15) is 49.8 Å². The fraction of sp³-hybridized carbons (Fsp3) is 0.478. The number of benzene rings is 1. The van der Waals surface area contributed by atoms with Gasteiger partial charge in [-0.1, -0.05) is 11.6 Å². The molecule has 0 radical (unpaired) electrons. The molecule has 1 atom stereocenters. The lowest BCUT2D eigenvalue weighted by Crippen LogP contribution is -2.45. The minimum atomic E-state index is -4.82. The molecule has 0 saturated carbocycles. The maximum Gasteiger partial charge on any atom is 0.451 e. The monoisotopic (exact) mass is 534 g/mol. The van der Waals surface area contributed by atoms with Crippen molar-refractivity contribution in [3.63, 3.8) is 0 Å². The average Bonchev–Trinajstić information content (AvgIpc) is 2.73. The summed E-state index contributed by atoms with van der Waals surface area (Å²) in [4.78, 5) is 33.5. The highest BCUT2D eigenvalue weighted by Gasteiger charge is 2.37. The fourth-order valence-corrected chi connectivity index (χ4v) is 3.96. The standard InChI is InChI=1S/C23H24ClF5N4O3/c1-22(2,3)36-21(35)30-14(9-12-8-13(25)4-5-16(12)26)10-18(34)33-7-6-15-17(11-33)31-20(23(27,28)29)32-19(15)24/h4-5,8,14H,6-7,9-11H2,1-3H3,(H,30,35). The van der Waals surface area contributed by atoms with Gasteiger partial charge in [-0.25, -0.2) is 23.5 Å². The minimum absolute atomic E-state index is 0.0326. The van der Waals surface area contributed by atoms with E-state index in [1.807, 2.05) is 0 Å². The molecule has 36 heavy (non-hydrogen) atoms. The highest BCUT2D eigenvalue weighted by atomic mass is 35.5. The molecule has 0 bridgehead atoms. The number of nitrogens with one attached hydrogen (secondary N) is 1. The topological polar surface area (TPSA) is 84.4 Å². The van der Waals surface area contributed by atoms with Crippen LogP contribution in [0.15, 0.2) is 18.2 Å². The summed E-state index contributed by atoms with van der Waals surface area (Å²) in [7, 11) is 0. The van der Waals surface area contributed by atoms with Crippen molar-refractivity contribution in [2.24, 2.45) is 0 Å². The van der Waals surface area contributed by atoms with Gasteiger partial charge in [-0.3, -0.25) is 4.79 Å². The molecule has 196 valence electrons. The van der Waals surface area contributed by atoms with Gasteiger partial charge < -0.3 is 15.0 Å². The van der Waals surface area contributed by atoms with Crippen LogP contribution >= 0.6 is 11.6 Å². The molecule has 0 saturated heterocycles. The maximum absolute atomic E-state index is 14.2. The first-order chi connectivity index (χ1) is 16.6.